The second-order valence-electron chi connectivity index (χ2n) is 8.65. The molecule has 3 aromatic rings. The summed E-state index contributed by atoms with van der Waals surface area (Å²) in [5.41, 5.74) is 1.75. The van der Waals surface area contributed by atoms with Crippen molar-refractivity contribution in [1.29, 1.82) is 0 Å². The molecule has 2 aliphatic heterocycles. The van der Waals surface area contributed by atoms with Crippen molar-refractivity contribution in [2.24, 2.45) is 0 Å². The molecule has 2 aromatic heterocycles. The largest absolute Gasteiger partial charge is 0.346 e. The molecule has 0 unspecified atom stereocenters. The van der Waals surface area contributed by atoms with Gasteiger partial charge in [-0.3, -0.25) is 9.52 Å². The van der Waals surface area contributed by atoms with Gasteiger partial charge in [0, 0.05) is 36.0 Å². The number of likely N-dealkylation sites (tertiary alicyclic amines) is 1. The first kappa shape index (κ1) is 24.5. The van der Waals surface area contributed by atoms with Crippen molar-refractivity contribution in [1.82, 2.24) is 19.5 Å². The van der Waals surface area contributed by atoms with Crippen LogP contribution in [0.3, 0.4) is 0 Å². The third kappa shape index (κ3) is 5.18. The van der Waals surface area contributed by atoms with Crippen LogP contribution in [0.1, 0.15) is 41.4 Å². The quantitative estimate of drug-likeness (QED) is 0.469. The van der Waals surface area contributed by atoms with Crippen LogP contribution < -0.4 is 9.62 Å². The minimum absolute atomic E-state index is 0.198. The molecule has 35 heavy (non-hydrogen) atoms. The number of sulfonamides is 1. The smallest absolute Gasteiger partial charge is 0.256 e. The van der Waals surface area contributed by atoms with Crippen LogP contribution >= 0.6 is 35.0 Å². The molecule has 1 N–H and O–H groups in total. The fourth-order valence-electron chi connectivity index (χ4n) is 4.55. The molecule has 0 saturated carbocycles. The Bertz CT molecular complexity index is 1390. The molecule has 0 aliphatic carbocycles. The van der Waals surface area contributed by atoms with E-state index in [0.29, 0.717) is 22.4 Å². The van der Waals surface area contributed by atoms with Gasteiger partial charge in [-0.2, -0.15) is 9.61 Å². The first-order chi connectivity index (χ1) is 16.7. The van der Waals surface area contributed by atoms with Crippen molar-refractivity contribution in [3.05, 3.63) is 51.8 Å². The Kier molecular flexibility index (Phi) is 6.77. The maximum Gasteiger partial charge on any atom is 0.256 e. The normalized spacial score (nSPS) is 18.9. The van der Waals surface area contributed by atoms with Crippen molar-refractivity contribution in [3.63, 3.8) is 0 Å². The molecule has 1 atom stereocenters. The van der Waals surface area contributed by atoms with Gasteiger partial charge in [0.1, 0.15) is 11.0 Å². The van der Waals surface area contributed by atoms with Gasteiger partial charge in [0.05, 0.1) is 35.1 Å². The molecule has 9 nitrogen and oxygen atoms in total. The maximum absolute atomic E-state index is 13.7. The summed E-state index contributed by atoms with van der Waals surface area (Å²) >= 11 is 14.3. The van der Waals surface area contributed by atoms with Crippen molar-refractivity contribution in [3.8, 4) is 0 Å². The Morgan fingerprint density at radius 1 is 1.17 bits per heavy atom. The summed E-state index contributed by atoms with van der Waals surface area (Å²) in [7, 11) is -3.58. The Morgan fingerprint density at radius 3 is 2.74 bits per heavy atom. The number of carbonyl (C=O) groups excluding carboxylic acids is 1. The number of benzene rings is 1. The molecule has 0 spiro atoms. The number of nitrogens with zero attached hydrogens (tertiary/aromatic N) is 5. The Balaban J connectivity index is 1.53. The number of hydrogen-bond donors (Lipinski definition) is 1. The zero-order chi connectivity index (χ0) is 24.7. The minimum Gasteiger partial charge on any atom is -0.346 e. The van der Waals surface area contributed by atoms with Gasteiger partial charge >= 0.3 is 0 Å². The van der Waals surface area contributed by atoms with Crippen LogP contribution in [0.4, 0.5) is 11.5 Å². The number of anilines is 2. The number of amides is 1. The molecule has 4 heterocycles. The zero-order valence-corrected chi connectivity index (χ0v) is 22.1. The van der Waals surface area contributed by atoms with Gasteiger partial charge in [0.25, 0.3) is 5.91 Å². The molecule has 0 bridgehead atoms. The molecular formula is C22H24Cl2N6O3S2. The van der Waals surface area contributed by atoms with Gasteiger partial charge in [-0.25, -0.2) is 13.4 Å². The third-order valence-electron chi connectivity index (χ3n) is 6.09. The van der Waals surface area contributed by atoms with Gasteiger partial charge in [0.15, 0.2) is 5.65 Å². The SMILES string of the molecule is CS(=O)(=O)Nc1ccc(Cl)cc1C(=O)N1CCCC[C@H]1c1cc2nc(Cl)cc(N3CCSC3)n2n1. The zero-order valence-electron chi connectivity index (χ0n) is 18.9. The molecule has 1 amide bonds. The van der Waals surface area contributed by atoms with Crippen LogP contribution in [0, 0.1) is 0 Å². The molecule has 13 heteroatoms. The lowest BCUT2D eigenvalue weighted by Gasteiger charge is -2.35. The standard InChI is InChI=1S/C22H24Cl2N6O3S2/c1-35(32,33)27-16-6-5-14(23)10-15(16)22(31)29-7-3-2-4-18(29)17-11-20-25-19(24)12-21(30(20)26-17)28-8-9-34-13-28/h5-6,10-12,18,27H,2-4,7-9,13H2,1H3/t18-/m0/s1. The number of hydrogen-bond acceptors (Lipinski definition) is 7. The van der Waals surface area contributed by atoms with E-state index in [-0.39, 0.29) is 23.2 Å². The van der Waals surface area contributed by atoms with E-state index in [1.54, 1.807) is 15.5 Å². The Labute approximate surface area is 217 Å². The Morgan fingerprint density at radius 2 is 2.00 bits per heavy atom. The minimum atomic E-state index is -3.58. The van der Waals surface area contributed by atoms with Crippen LogP contribution in [0.15, 0.2) is 30.3 Å². The highest BCUT2D eigenvalue weighted by Gasteiger charge is 2.33. The predicted octanol–water partition coefficient (Wildman–Crippen LogP) is 4.29. The van der Waals surface area contributed by atoms with Crippen LogP contribution in [0.5, 0.6) is 0 Å². The lowest BCUT2D eigenvalue weighted by molar-refractivity contribution is 0.0607. The summed E-state index contributed by atoms with van der Waals surface area (Å²) in [4.78, 5) is 22.1. The van der Waals surface area contributed by atoms with Crippen LogP contribution in [-0.4, -0.2) is 64.8 Å². The highest BCUT2D eigenvalue weighted by molar-refractivity contribution is 7.99. The van der Waals surface area contributed by atoms with E-state index in [2.05, 4.69) is 14.6 Å². The van der Waals surface area contributed by atoms with Crippen LogP contribution in [0.25, 0.3) is 5.65 Å². The summed E-state index contributed by atoms with van der Waals surface area (Å²) in [5.74, 6) is 2.45. The lowest BCUT2D eigenvalue weighted by atomic mass is 9.98. The first-order valence-corrected chi connectivity index (χ1v) is 15.0. The van der Waals surface area contributed by atoms with E-state index in [9.17, 15) is 13.2 Å². The van der Waals surface area contributed by atoms with E-state index < -0.39 is 10.0 Å². The third-order valence-corrected chi connectivity index (χ3v) is 8.07. The number of carbonyl (C=O) groups is 1. The maximum atomic E-state index is 13.7. The number of thioether (sulfide) groups is 1. The van der Waals surface area contributed by atoms with Gasteiger partial charge in [-0.1, -0.05) is 23.2 Å². The van der Waals surface area contributed by atoms with Crippen molar-refractivity contribution < 1.29 is 13.2 Å². The number of halogens is 2. The second-order valence-corrected chi connectivity index (χ2v) is 12.3. The fourth-order valence-corrected chi connectivity index (χ4v) is 6.44. The van der Waals surface area contributed by atoms with Gasteiger partial charge in [0.2, 0.25) is 10.0 Å². The van der Waals surface area contributed by atoms with Crippen molar-refractivity contribution in [2.75, 3.05) is 40.6 Å². The first-order valence-electron chi connectivity index (χ1n) is 11.2. The van der Waals surface area contributed by atoms with Crippen LogP contribution in [-0.2, 0) is 10.0 Å². The number of nitrogens with one attached hydrogen (secondary N) is 1. The summed E-state index contributed by atoms with van der Waals surface area (Å²) in [6.07, 6.45) is 3.56. The van der Waals surface area contributed by atoms with E-state index in [4.69, 9.17) is 28.3 Å². The molecular weight excluding hydrogens is 531 g/mol. The molecule has 1 aromatic carbocycles. The number of fused-ring (bicyclic) bond motifs is 1. The number of piperidine rings is 1. The average Bonchev–Trinajstić information content (AvgIpc) is 3.48. The summed E-state index contributed by atoms with van der Waals surface area (Å²) in [5, 5.41) is 5.60. The topological polar surface area (TPSA) is 99.9 Å². The van der Waals surface area contributed by atoms with Gasteiger partial charge in [-0.05, 0) is 37.5 Å². The van der Waals surface area contributed by atoms with E-state index in [1.165, 1.54) is 12.1 Å². The molecule has 2 aliphatic rings. The van der Waals surface area contributed by atoms with Crippen molar-refractivity contribution in [2.45, 2.75) is 25.3 Å². The fraction of sp³-hybridized carbons (Fsp3) is 0.409. The number of aromatic nitrogens is 3. The molecule has 0 radical (unpaired) electrons. The predicted molar refractivity (Wildman–Crippen MR) is 140 cm³/mol. The summed E-state index contributed by atoms with van der Waals surface area (Å²) in [6.45, 7) is 1.42. The average molecular weight is 556 g/mol. The van der Waals surface area contributed by atoms with E-state index in [0.717, 1.165) is 55.2 Å². The molecule has 2 saturated heterocycles. The highest BCUT2D eigenvalue weighted by Crippen LogP contribution is 2.35. The molecule has 5 rings (SSSR count). The summed E-state index contributed by atoms with van der Waals surface area (Å²) < 4.78 is 28.0. The van der Waals surface area contributed by atoms with E-state index in [1.807, 2.05) is 23.9 Å². The molecule has 2 fully saturated rings. The van der Waals surface area contributed by atoms with Gasteiger partial charge in [-0.15, -0.1) is 11.8 Å². The van der Waals surface area contributed by atoms with Crippen LogP contribution in [0.2, 0.25) is 10.2 Å². The summed E-state index contributed by atoms with van der Waals surface area (Å²) in [6, 6.07) is 7.96. The monoisotopic (exact) mass is 554 g/mol. The second kappa shape index (κ2) is 9.68. The Hall–Kier alpha value is -2.21. The van der Waals surface area contributed by atoms with E-state index >= 15 is 0 Å². The molecule has 186 valence electrons. The highest BCUT2D eigenvalue weighted by atomic mass is 35.5. The van der Waals surface area contributed by atoms with Gasteiger partial charge < -0.3 is 9.80 Å². The van der Waals surface area contributed by atoms with Crippen molar-refractivity contribution >= 4 is 68.0 Å². The number of rotatable bonds is 5. The lowest BCUT2D eigenvalue weighted by Crippen LogP contribution is -2.39.